The van der Waals surface area contributed by atoms with Crippen molar-refractivity contribution in [1.82, 2.24) is 0 Å². The van der Waals surface area contributed by atoms with E-state index in [0.717, 1.165) is 0 Å². The van der Waals surface area contributed by atoms with Crippen LogP contribution in [-0.2, 0) is 21.8 Å². The summed E-state index contributed by atoms with van der Waals surface area (Å²) in [5.74, 6) is 0. The van der Waals surface area contributed by atoms with Crippen LogP contribution in [0.25, 0.3) is 11.1 Å². The summed E-state index contributed by atoms with van der Waals surface area (Å²) in [6.45, 7) is 0. The van der Waals surface area contributed by atoms with Crippen molar-refractivity contribution in [2.45, 2.75) is 9.79 Å². The Kier molecular flexibility index (Phi) is 3.50. The third kappa shape index (κ3) is 2.09. The van der Waals surface area contributed by atoms with E-state index in [9.17, 15) is 0 Å². The van der Waals surface area contributed by atoms with Crippen LogP contribution in [0.1, 0.15) is 0 Å². The van der Waals surface area contributed by atoms with Crippen LogP contribution in [-0.4, -0.2) is 25.0 Å². The van der Waals surface area contributed by atoms with Crippen molar-refractivity contribution < 1.29 is 0 Å². The van der Waals surface area contributed by atoms with Crippen molar-refractivity contribution in [2.24, 2.45) is 0 Å². The molecule has 2 rings (SSSR count). The van der Waals surface area contributed by atoms with E-state index in [0.29, 0.717) is 21.8 Å². The molecule has 0 aromatic carbocycles. The maximum Gasteiger partial charge on any atom is 0.167 e. The molecule has 0 saturated heterocycles. The van der Waals surface area contributed by atoms with Gasteiger partial charge in [-0.1, -0.05) is 18.2 Å². The first-order chi connectivity index (χ1) is 7.61. The Hall–Kier alpha value is -0.600. The van der Waals surface area contributed by atoms with E-state index >= 15 is 0 Å². The molecule has 0 amide bonds. The lowest BCUT2D eigenvalue weighted by Crippen LogP contribution is -1.94. The van der Waals surface area contributed by atoms with E-state index in [1.54, 1.807) is 0 Å². The lowest BCUT2D eigenvalue weighted by atomic mass is 10.2. The second kappa shape index (κ2) is 4.72. The molecule has 0 bridgehead atoms. The van der Waals surface area contributed by atoms with E-state index < -0.39 is 0 Å². The Morgan fingerprint density at radius 2 is 1.12 bits per heavy atom. The molecule has 2 heteroatoms. The highest BCUT2D eigenvalue weighted by Gasteiger charge is 2.28. The van der Waals surface area contributed by atoms with E-state index in [4.69, 9.17) is 0 Å². The summed E-state index contributed by atoms with van der Waals surface area (Å²) in [4.78, 5) is 3.03. The van der Waals surface area contributed by atoms with Crippen molar-refractivity contribution in [3.05, 3.63) is 36.4 Å². The van der Waals surface area contributed by atoms with E-state index in [-0.39, 0.29) is 0 Å². The summed E-state index contributed by atoms with van der Waals surface area (Å²) in [5.41, 5.74) is 2.88. The topological polar surface area (TPSA) is 0 Å². The van der Waals surface area contributed by atoms with Gasteiger partial charge in [0.05, 0.1) is 0 Å². The highest BCUT2D eigenvalue weighted by molar-refractivity contribution is 7.96. The molecule has 0 aromatic heterocycles. The molecular weight excluding hydrogens is 232 g/mol. The van der Waals surface area contributed by atoms with Gasteiger partial charge in [-0.15, -0.1) is 0 Å². The molecule has 16 heavy (non-hydrogen) atoms. The number of rotatable bonds is 2. The van der Waals surface area contributed by atoms with Crippen molar-refractivity contribution in [3.8, 4) is 11.1 Å². The SMILES string of the molecule is C[S+](C)c1cc([S+](C)C)c2cccccc1-2. The molecule has 84 valence electrons. The van der Waals surface area contributed by atoms with Crippen molar-refractivity contribution in [3.63, 3.8) is 0 Å². The summed E-state index contributed by atoms with van der Waals surface area (Å²) < 4.78 is 0. The molecule has 0 radical (unpaired) electrons. The maximum atomic E-state index is 2.41. The Morgan fingerprint density at radius 1 is 0.688 bits per heavy atom. The second-order valence-electron chi connectivity index (χ2n) is 4.24. The number of hydrogen-bond donors (Lipinski definition) is 0. The molecule has 0 aliphatic heterocycles. The minimum absolute atomic E-state index is 0.334. The van der Waals surface area contributed by atoms with Gasteiger partial charge in [0.1, 0.15) is 25.0 Å². The Balaban J connectivity index is 2.69. The molecule has 0 atom stereocenters. The van der Waals surface area contributed by atoms with Crippen LogP contribution in [0.4, 0.5) is 0 Å². The normalized spacial score (nSPS) is 11.6. The minimum Gasteiger partial charge on any atom is -0.0622 e. The molecule has 0 nitrogen and oxygen atoms in total. The third-order valence-electron chi connectivity index (χ3n) is 2.71. The van der Waals surface area contributed by atoms with Gasteiger partial charge in [0.25, 0.3) is 0 Å². The van der Waals surface area contributed by atoms with Gasteiger partial charge < -0.3 is 0 Å². The average molecular weight is 250 g/mol. The fourth-order valence-corrected chi connectivity index (χ4v) is 3.94. The van der Waals surface area contributed by atoms with Crippen molar-refractivity contribution in [2.75, 3.05) is 25.0 Å². The van der Waals surface area contributed by atoms with Gasteiger partial charge in [-0.3, -0.25) is 0 Å². The van der Waals surface area contributed by atoms with Crippen LogP contribution in [0.15, 0.2) is 46.2 Å². The highest BCUT2D eigenvalue weighted by Crippen LogP contribution is 2.37. The van der Waals surface area contributed by atoms with Crippen molar-refractivity contribution >= 4 is 21.8 Å². The van der Waals surface area contributed by atoms with Gasteiger partial charge in [0.2, 0.25) is 0 Å². The molecule has 0 N–H and O–H groups in total. The van der Waals surface area contributed by atoms with Gasteiger partial charge in [-0.2, -0.15) is 0 Å². The highest BCUT2D eigenvalue weighted by atomic mass is 32.2. The third-order valence-corrected chi connectivity index (χ3v) is 5.15. The zero-order chi connectivity index (χ0) is 11.7. The lowest BCUT2D eigenvalue weighted by Gasteiger charge is -1.96. The summed E-state index contributed by atoms with van der Waals surface area (Å²) in [6.07, 6.45) is 9.20. The Morgan fingerprint density at radius 3 is 1.50 bits per heavy atom. The molecule has 0 aromatic rings. The number of fused-ring (bicyclic) bond motifs is 1. The van der Waals surface area contributed by atoms with E-state index in [2.05, 4.69) is 61.4 Å². The van der Waals surface area contributed by atoms with Crippen LogP contribution in [0.5, 0.6) is 0 Å². The first-order valence-electron chi connectivity index (χ1n) is 5.28. The van der Waals surface area contributed by atoms with E-state index in [1.807, 2.05) is 0 Å². The van der Waals surface area contributed by atoms with Gasteiger partial charge in [-0.25, -0.2) is 0 Å². The molecule has 2 aliphatic carbocycles. The molecule has 0 saturated carbocycles. The molecular formula is C14H18S2+2. The first-order valence-corrected chi connectivity index (χ1v) is 9.36. The summed E-state index contributed by atoms with van der Waals surface area (Å²) >= 11 is 0. The molecule has 0 spiro atoms. The van der Waals surface area contributed by atoms with Crippen LogP contribution >= 0.6 is 0 Å². The van der Waals surface area contributed by atoms with Crippen LogP contribution in [0.2, 0.25) is 0 Å². The largest absolute Gasteiger partial charge is 0.167 e. The fourth-order valence-electron chi connectivity index (χ4n) is 1.93. The maximum absolute atomic E-state index is 2.41. The summed E-state index contributed by atoms with van der Waals surface area (Å²) in [5, 5.41) is 0. The lowest BCUT2D eigenvalue weighted by molar-refractivity contribution is 1.49. The van der Waals surface area contributed by atoms with E-state index in [1.165, 1.54) is 20.9 Å². The molecule has 0 unspecified atom stereocenters. The van der Waals surface area contributed by atoms with Gasteiger partial charge in [-0.05, 0) is 12.1 Å². The zero-order valence-electron chi connectivity index (χ0n) is 10.3. The molecule has 0 heterocycles. The van der Waals surface area contributed by atoms with Crippen LogP contribution in [0, 0.1) is 0 Å². The monoisotopic (exact) mass is 250 g/mol. The summed E-state index contributed by atoms with van der Waals surface area (Å²) in [7, 11) is 0.667. The Bertz CT molecular complexity index is 421. The van der Waals surface area contributed by atoms with Crippen molar-refractivity contribution in [1.29, 1.82) is 0 Å². The standard InChI is InChI=1S/C14H18S2/c1-15(2)13-10-14(16(3)4)12-9-7-5-6-8-11(12)13/h5-10H,1-4H3/q+2. The zero-order valence-corrected chi connectivity index (χ0v) is 11.9. The van der Waals surface area contributed by atoms with Gasteiger partial charge in [0.15, 0.2) is 9.79 Å². The van der Waals surface area contributed by atoms with Gasteiger partial charge in [0, 0.05) is 39.0 Å². The second-order valence-corrected chi connectivity index (χ2v) is 8.39. The predicted octanol–water partition coefficient (Wildman–Crippen LogP) is 3.27. The molecule has 0 fully saturated rings. The number of hydrogen-bond acceptors (Lipinski definition) is 0. The predicted molar refractivity (Wildman–Crippen MR) is 78.0 cm³/mol. The van der Waals surface area contributed by atoms with Crippen LogP contribution < -0.4 is 0 Å². The van der Waals surface area contributed by atoms with Crippen LogP contribution in [0.3, 0.4) is 0 Å². The average Bonchev–Trinajstić information content (AvgIpc) is 2.41. The first kappa shape index (κ1) is 11.9. The molecule has 2 aliphatic rings. The Labute approximate surface area is 104 Å². The van der Waals surface area contributed by atoms with Gasteiger partial charge >= 0.3 is 0 Å². The quantitative estimate of drug-likeness (QED) is 0.718. The fraction of sp³-hybridized carbons (Fsp3) is 0.286. The minimum atomic E-state index is 0.334. The smallest absolute Gasteiger partial charge is 0.0622 e. The summed E-state index contributed by atoms with van der Waals surface area (Å²) in [6, 6.07) is 13.3.